The van der Waals surface area contributed by atoms with Gasteiger partial charge in [-0.05, 0) is 29.7 Å². The van der Waals surface area contributed by atoms with Crippen LogP contribution >= 0.6 is 0 Å². The van der Waals surface area contributed by atoms with Crippen LogP contribution in [0, 0.1) is 0 Å². The number of amides is 1. The van der Waals surface area contributed by atoms with Gasteiger partial charge in [0.1, 0.15) is 5.75 Å². The van der Waals surface area contributed by atoms with Crippen LogP contribution in [-0.4, -0.2) is 13.0 Å². The zero-order valence-electron chi connectivity index (χ0n) is 12.8. The van der Waals surface area contributed by atoms with Gasteiger partial charge in [-0.2, -0.15) is 0 Å². The molecule has 22 heavy (non-hydrogen) atoms. The van der Waals surface area contributed by atoms with E-state index in [1.807, 2.05) is 66.7 Å². The van der Waals surface area contributed by atoms with Crippen LogP contribution < -0.4 is 10.1 Å². The summed E-state index contributed by atoms with van der Waals surface area (Å²) in [5.74, 6) is 0.884. The number of rotatable bonds is 7. The quantitative estimate of drug-likeness (QED) is 0.843. The van der Waals surface area contributed by atoms with Gasteiger partial charge in [-0.3, -0.25) is 4.79 Å². The Balaban J connectivity index is 1.68. The van der Waals surface area contributed by atoms with Gasteiger partial charge in [-0.15, -0.1) is 0 Å². The SMILES string of the molecule is COc1ccc(CNC(=O)CC/C=C/c2ccccc2)cc1. The highest BCUT2D eigenvalue weighted by molar-refractivity contribution is 5.76. The molecule has 3 heteroatoms. The molecule has 0 fully saturated rings. The summed E-state index contributed by atoms with van der Waals surface area (Å²) in [5, 5.41) is 2.92. The maximum absolute atomic E-state index is 11.8. The molecule has 2 aromatic carbocycles. The van der Waals surface area contributed by atoms with E-state index in [-0.39, 0.29) is 5.91 Å². The van der Waals surface area contributed by atoms with Crippen LogP contribution in [0.5, 0.6) is 5.75 Å². The highest BCUT2D eigenvalue weighted by atomic mass is 16.5. The van der Waals surface area contributed by atoms with Gasteiger partial charge in [0.05, 0.1) is 7.11 Å². The van der Waals surface area contributed by atoms with Crippen molar-refractivity contribution in [2.45, 2.75) is 19.4 Å². The van der Waals surface area contributed by atoms with E-state index in [1.165, 1.54) is 0 Å². The number of methoxy groups -OCH3 is 1. The smallest absolute Gasteiger partial charge is 0.220 e. The van der Waals surface area contributed by atoms with Crippen LogP contribution in [-0.2, 0) is 11.3 Å². The third-order valence-corrected chi connectivity index (χ3v) is 3.30. The van der Waals surface area contributed by atoms with Crippen LogP contribution in [0.2, 0.25) is 0 Å². The normalized spacial score (nSPS) is 10.6. The summed E-state index contributed by atoms with van der Waals surface area (Å²) in [6, 6.07) is 17.8. The molecule has 0 aliphatic rings. The maximum Gasteiger partial charge on any atom is 0.220 e. The number of carbonyl (C=O) groups is 1. The highest BCUT2D eigenvalue weighted by Crippen LogP contribution is 2.11. The molecule has 0 aliphatic carbocycles. The Labute approximate surface area is 131 Å². The van der Waals surface area contributed by atoms with Crippen LogP contribution in [0.3, 0.4) is 0 Å². The molecule has 114 valence electrons. The van der Waals surface area contributed by atoms with Crippen molar-refractivity contribution in [2.24, 2.45) is 0 Å². The number of ether oxygens (including phenoxy) is 1. The monoisotopic (exact) mass is 295 g/mol. The average molecular weight is 295 g/mol. The van der Waals surface area contributed by atoms with E-state index in [0.29, 0.717) is 13.0 Å². The van der Waals surface area contributed by atoms with Crippen LogP contribution in [0.25, 0.3) is 6.08 Å². The zero-order valence-corrected chi connectivity index (χ0v) is 12.8. The Hall–Kier alpha value is -2.55. The Morgan fingerprint density at radius 1 is 1.09 bits per heavy atom. The van der Waals surface area contributed by atoms with Crippen molar-refractivity contribution in [3.8, 4) is 5.75 Å². The summed E-state index contributed by atoms with van der Waals surface area (Å²) in [7, 11) is 1.64. The second kappa shape index (κ2) is 8.67. The van der Waals surface area contributed by atoms with E-state index < -0.39 is 0 Å². The summed E-state index contributed by atoms with van der Waals surface area (Å²) < 4.78 is 5.10. The maximum atomic E-state index is 11.8. The Morgan fingerprint density at radius 2 is 1.82 bits per heavy atom. The minimum Gasteiger partial charge on any atom is -0.497 e. The lowest BCUT2D eigenvalue weighted by Gasteiger charge is -2.05. The van der Waals surface area contributed by atoms with Gasteiger partial charge in [0.25, 0.3) is 0 Å². The number of nitrogens with one attached hydrogen (secondary N) is 1. The lowest BCUT2D eigenvalue weighted by molar-refractivity contribution is -0.121. The molecule has 2 rings (SSSR count). The molecule has 1 N–H and O–H groups in total. The molecular weight excluding hydrogens is 274 g/mol. The fourth-order valence-corrected chi connectivity index (χ4v) is 2.03. The van der Waals surface area contributed by atoms with Gasteiger partial charge in [0.2, 0.25) is 5.91 Å². The molecule has 0 unspecified atom stereocenters. The molecule has 0 atom stereocenters. The standard InChI is InChI=1S/C19H21NO2/c1-22-18-13-11-17(12-14-18)15-20-19(21)10-6-5-9-16-7-3-2-4-8-16/h2-5,7-9,11-14H,6,10,15H2,1H3,(H,20,21)/b9-5+. The van der Waals surface area contributed by atoms with Gasteiger partial charge in [0.15, 0.2) is 0 Å². The molecule has 0 aliphatic heterocycles. The first-order chi connectivity index (χ1) is 10.8. The average Bonchev–Trinajstić information content (AvgIpc) is 2.58. The predicted molar refractivity (Wildman–Crippen MR) is 89.6 cm³/mol. The van der Waals surface area contributed by atoms with Crippen molar-refractivity contribution >= 4 is 12.0 Å². The van der Waals surface area contributed by atoms with Gasteiger partial charge in [0, 0.05) is 13.0 Å². The predicted octanol–water partition coefficient (Wildman–Crippen LogP) is 3.81. The van der Waals surface area contributed by atoms with Gasteiger partial charge in [-0.25, -0.2) is 0 Å². The zero-order chi connectivity index (χ0) is 15.6. The second-order valence-corrected chi connectivity index (χ2v) is 4.98. The molecule has 3 nitrogen and oxygen atoms in total. The van der Waals surface area contributed by atoms with Gasteiger partial charge < -0.3 is 10.1 Å². The molecule has 0 spiro atoms. The van der Waals surface area contributed by atoms with Gasteiger partial charge in [-0.1, -0.05) is 54.6 Å². The highest BCUT2D eigenvalue weighted by Gasteiger charge is 2.00. The molecule has 0 heterocycles. The Morgan fingerprint density at radius 3 is 2.50 bits per heavy atom. The molecule has 0 aromatic heterocycles. The number of carbonyl (C=O) groups excluding carboxylic acids is 1. The molecule has 0 saturated carbocycles. The molecule has 0 radical (unpaired) electrons. The van der Waals surface area contributed by atoms with Crippen molar-refractivity contribution in [1.82, 2.24) is 5.32 Å². The first kappa shape index (κ1) is 15.8. The summed E-state index contributed by atoms with van der Waals surface area (Å²) in [6.45, 7) is 0.547. The minimum absolute atomic E-state index is 0.0635. The van der Waals surface area contributed by atoms with E-state index in [4.69, 9.17) is 4.74 Å². The van der Waals surface area contributed by atoms with E-state index in [1.54, 1.807) is 7.11 Å². The summed E-state index contributed by atoms with van der Waals surface area (Å²) in [6.07, 6.45) is 5.31. The molecule has 0 bridgehead atoms. The van der Waals surface area contributed by atoms with E-state index in [2.05, 4.69) is 5.32 Å². The summed E-state index contributed by atoms with van der Waals surface area (Å²) in [4.78, 5) is 11.8. The topological polar surface area (TPSA) is 38.3 Å². The summed E-state index contributed by atoms with van der Waals surface area (Å²) >= 11 is 0. The van der Waals surface area contributed by atoms with Crippen molar-refractivity contribution in [3.63, 3.8) is 0 Å². The first-order valence-corrected chi connectivity index (χ1v) is 7.39. The number of hydrogen-bond donors (Lipinski definition) is 1. The lowest BCUT2D eigenvalue weighted by atomic mass is 10.2. The van der Waals surface area contributed by atoms with E-state index in [0.717, 1.165) is 23.3 Å². The van der Waals surface area contributed by atoms with Crippen molar-refractivity contribution in [1.29, 1.82) is 0 Å². The van der Waals surface area contributed by atoms with Crippen molar-refractivity contribution in [3.05, 3.63) is 71.8 Å². The van der Waals surface area contributed by atoms with Crippen LogP contribution in [0.1, 0.15) is 24.0 Å². The third kappa shape index (κ3) is 5.44. The van der Waals surface area contributed by atoms with Gasteiger partial charge >= 0.3 is 0 Å². The second-order valence-electron chi connectivity index (χ2n) is 4.98. The van der Waals surface area contributed by atoms with E-state index in [9.17, 15) is 4.79 Å². The number of hydrogen-bond acceptors (Lipinski definition) is 2. The molecule has 2 aromatic rings. The van der Waals surface area contributed by atoms with Crippen LogP contribution in [0.4, 0.5) is 0 Å². The Bertz CT molecular complexity index is 603. The Kier molecular flexibility index (Phi) is 6.24. The van der Waals surface area contributed by atoms with Crippen molar-refractivity contribution in [2.75, 3.05) is 7.11 Å². The lowest BCUT2D eigenvalue weighted by Crippen LogP contribution is -2.22. The fourth-order valence-electron chi connectivity index (χ4n) is 2.03. The molecule has 1 amide bonds. The minimum atomic E-state index is 0.0635. The largest absolute Gasteiger partial charge is 0.497 e. The first-order valence-electron chi connectivity index (χ1n) is 7.39. The molecule has 0 saturated heterocycles. The number of allylic oxidation sites excluding steroid dienone is 1. The number of benzene rings is 2. The molecular formula is C19H21NO2. The van der Waals surface area contributed by atoms with Crippen molar-refractivity contribution < 1.29 is 9.53 Å². The van der Waals surface area contributed by atoms with Crippen LogP contribution in [0.15, 0.2) is 60.7 Å². The third-order valence-electron chi connectivity index (χ3n) is 3.30. The van der Waals surface area contributed by atoms with E-state index >= 15 is 0 Å². The fraction of sp³-hybridized carbons (Fsp3) is 0.211. The summed E-state index contributed by atoms with van der Waals surface area (Å²) in [5.41, 5.74) is 2.22.